The Hall–Kier alpha value is -1.85. The zero-order valence-corrected chi connectivity index (χ0v) is 8.66. The average Bonchev–Trinajstić information content (AvgIpc) is 2.50. The second kappa shape index (κ2) is 5.14. The first-order valence-electron chi connectivity index (χ1n) is 4.55. The Bertz CT molecular complexity index is 359. The average molecular weight is 211 g/mol. The summed E-state index contributed by atoms with van der Waals surface area (Å²) in [5.74, 6) is 1.01. The van der Waals surface area contributed by atoms with E-state index >= 15 is 0 Å². The molecule has 82 valence electrons. The van der Waals surface area contributed by atoms with Gasteiger partial charge in [0.1, 0.15) is 11.5 Å². The maximum Gasteiger partial charge on any atom is 0.320 e. The first-order chi connectivity index (χ1) is 7.08. The Kier molecular flexibility index (Phi) is 3.84. The molecule has 0 aliphatic carbocycles. The van der Waals surface area contributed by atoms with Gasteiger partial charge >= 0.3 is 6.03 Å². The second-order valence-corrected chi connectivity index (χ2v) is 3.16. The number of ketones is 1. The van der Waals surface area contributed by atoms with Gasteiger partial charge in [0.15, 0.2) is 5.82 Å². The van der Waals surface area contributed by atoms with Crippen molar-refractivity contribution < 1.29 is 14.1 Å². The maximum absolute atomic E-state index is 11.2. The fraction of sp³-hybridized carbons (Fsp3) is 0.444. The number of aromatic nitrogens is 1. The molecule has 2 amide bonds. The SMILES string of the molecule is CC(=O)CCNC(=O)Nc1cc(C)on1. The van der Waals surface area contributed by atoms with Crippen LogP contribution in [0.15, 0.2) is 10.6 Å². The van der Waals surface area contributed by atoms with E-state index in [4.69, 9.17) is 4.52 Å². The van der Waals surface area contributed by atoms with Crippen molar-refractivity contribution in [2.45, 2.75) is 20.3 Å². The van der Waals surface area contributed by atoms with Crippen LogP contribution in [0.4, 0.5) is 10.6 Å². The van der Waals surface area contributed by atoms with E-state index in [-0.39, 0.29) is 5.78 Å². The van der Waals surface area contributed by atoms with Gasteiger partial charge in [0.05, 0.1) is 0 Å². The van der Waals surface area contributed by atoms with Crippen molar-refractivity contribution in [3.8, 4) is 0 Å². The van der Waals surface area contributed by atoms with Crippen LogP contribution in [0.25, 0.3) is 0 Å². The number of nitrogens with one attached hydrogen (secondary N) is 2. The first kappa shape index (κ1) is 11.2. The number of anilines is 1. The van der Waals surface area contributed by atoms with E-state index in [0.29, 0.717) is 24.5 Å². The quantitative estimate of drug-likeness (QED) is 0.780. The molecule has 0 saturated heterocycles. The molecule has 0 spiro atoms. The lowest BCUT2D eigenvalue weighted by Gasteiger charge is -2.02. The molecule has 1 heterocycles. The normalized spacial score (nSPS) is 9.73. The van der Waals surface area contributed by atoms with Gasteiger partial charge in [-0.3, -0.25) is 10.1 Å². The van der Waals surface area contributed by atoms with Crippen LogP contribution >= 0.6 is 0 Å². The monoisotopic (exact) mass is 211 g/mol. The van der Waals surface area contributed by atoms with Crippen LogP contribution in [0.5, 0.6) is 0 Å². The highest BCUT2D eigenvalue weighted by Gasteiger charge is 2.04. The molecule has 15 heavy (non-hydrogen) atoms. The Balaban J connectivity index is 2.27. The Labute approximate surface area is 87.0 Å². The van der Waals surface area contributed by atoms with Crippen LogP contribution < -0.4 is 10.6 Å². The van der Waals surface area contributed by atoms with Crippen molar-refractivity contribution >= 4 is 17.6 Å². The van der Waals surface area contributed by atoms with E-state index in [9.17, 15) is 9.59 Å². The molecule has 2 N–H and O–H groups in total. The van der Waals surface area contributed by atoms with Gasteiger partial charge in [-0.15, -0.1) is 0 Å². The van der Waals surface area contributed by atoms with Crippen LogP contribution in [-0.2, 0) is 4.79 Å². The number of Topliss-reactive ketones (excluding diaryl/α,β-unsaturated/α-hetero) is 1. The summed E-state index contributed by atoms with van der Waals surface area (Å²) in [6.07, 6.45) is 0.325. The van der Waals surface area contributed by atoms with E-state index < -0.39 is 6.03 Å². The van der Waals surface area contributed by atoms with Crippen molar-refractivity contribution in [1.82, 2.24) is 10.5 Å². The van der Waals surface area contributed by atoms with E-state index in [0.717, 1.165) is 0 Å². The summed E-state index contributed by atoms with van der Waals surface area (Å²) < 4.78 is 4.76. The topological polar surface area (TPSA) is 84.2 Å². The number of rotatable bonds is 4. The summed E-state index contributed by atoms with van der Waals surface area (Å²) in [5.41, 5.74) is 0. The molecule has 6 nitrogen and oxygen atoms in total. The zero-order valence-electron chi connectivity index (χ0n) is 8.66. The van der Waals surface area contributed by atoms with E-state index in [1.165, 1.54) is 6.92 Å². The summed E-state index contributed by atoms with van der Waals surface area (Å²) in [5, 5.41) is 8.57. The molecule has 0 radical (unpaired) electrons. The summed E-state index contributed by atoms with van der Waals surface area (Å²) in [6, 6.07) is 1.20. The van der Waals surface area contributed by atoms with Crippen LogP contribution in [-0.4, -0.2) is 23.5 Å². The van der Waals surface area contributed by atoms with Gasteiger partial charge in [0.25, 0.3) is 0 Å². The molecule has 1 aromatic rings. The Morgan fingerprint density at radius 3 is 2.80 bits per heavy atom. The number of hydrogen-bond donors (Lipinski definition) is 2. The van der Waals surface area contributed by atoms with Crippen LogP contribution in [0.1, 0.15) is 19.1 Å². The highest BCUT2D eigenvalue weighted by molar-refractivity contribution is 5.88. The number of amides is 2. The second-order valence-electron chi connectivity index (χ2n) is 3.16. The first-order valence-corrected chi connectivity index (χ1v) is 4.55. The Morgan fingerprint density at radius 1 is 1.53 bits per heavy atom. The lowest BCUT2D eigenvalue weighted by Crippen LogP contribution is -2.30. The van der Waals surface area contributed by atoms with E-state index in [1.54, 1.807) is 13.0 Å². The molecule has 0 aliphatic heterocycles. The smallest absolute Gasteiger partial charge is 0.320 e. The van der Waals surface area contributed by atoms with Crippen molar-refractivity contribution in [3.05, 3.63) is 11.8 Å². The van der Waals surface area contributed by atoms with Crippen molar-refractivity contribution in [2.24, 2.45) is 0 Å². The van der Waals surface area contributed by atoms with E-state index in [1.807, 2.05) is 0 Å². The molecule has 0 bridgehead atoms. The van der Waals surface area contributed by atoms with Crippen molar-refractivity contribution in [2.75, 3.05) is 11.9 Å². The lowest BCUT2D eigenvalue weighted by atomic mass is 10.3. The highest BCUT2D eigenvalue weighted by Crippen LogP contribution is 2.06. The maximum atomic E-state index is 11.2. The van der Waals surface area contributed by atoms with Gasteiger partial charge in [-0.05, 0) is 13.8 Å². The zero-order chi connectivity index (χ0) is 11.3. The van der Waals surface area contributed by atoms with Gasteiger partial charge in [0.2, 0.25) is 0 Å². The summed E-state index contributed by atoms with van der Waals surface area (Å²) in [6.45, 7) is 3.52. The fourth-order valence-corrected chi connectivity index (χ4v) is 0.938. The standard InChI is InChI=1S/C9H13N3O3/c1-6(13)3-4-10-9(14)11-8-5-7(2)15-12-8/h5H,3-4H2,1-2H3,(H2,10,11,12,14). The van der Waals surface area contributed by atoms with Crippen molar-refractivity contribution in [3.63, 3.8) is 0 Å². The minimum atomic E-state index is -0.399. The van der Waals surface area contributed by atoms with Gasteiger partial charge in [-0.1, -0.05) is 5.16 Å². The van der Waals surface area contributed by atoms with Gasteiger partial charge in [-0.2, -0.15) is 0 Å². The number of hydrogen-bond acceptors (Lipinski definition) is 4. The molecule has 0 atom stereocenters. The number of aryl methyl sites for hydroxylation is 1. The number of urea groups is 1. The molecule has 0 aromatic carbocycles. The third-order valence-electron chi connectivity index (χ3n) is 1.63. The van der Waals surface area contributed by atoms with Crippen LogP contribution in [0.3, 0.4) is 0 Å². The van der Waals surface area contributed by atoms with Gasteiger partial charge in [-0.25, -0.2) is 4.79 Å². The largest absolute Gasteiger partial charge is 0.360 e. The molecular weight excluding hydrogens is 198 g/mol. The molecule has 1 rings (SSSR count). The third-order valence-corrected chi connectivity index (χ3v) is 1.63. The predicted octanol–water partition coefficient (Wildman–Crippen LogP) is 1.08. The van der Waals surface area contributed by atoms with E-state index in [2.05, 4.69) is 15.8 Å². The molecule has 0 unspecified atom stereocenters. The molecule has 0 aliphatic rings. The number of nitrogens with zero attached hydrogens (tertiary/aromatic N) is 1. The minimum Gasteiger partial charge on any atom is -0.360 e. The highest BCUT2D eigenvalue weighted by atomic mass is 16.5. The van der Waals surface area contributed by atoms with Crippen LogP contribution in [0, 0.1) is 6.92 Å². The molecule has 6 heteroatoms. The molecule has 0 saturated carbocycles. The predicted molar refractivity (Wildman–Crippen MR) is 53.6 cm³/mol. The summed E-state index contributed by atoms with van der Waals surface area (Å²) in [7, 11) is 0. The van der Waals surface area contributed by atoms with Crippen LogP contribution in [0.2, 0.25) is 0 Å². The molecular formula is C9H13N3O3. The number of carbonyl (C=O) groups excluding carboxylic acids is 2. The van der Waals surface area contributed by atoms with Gasteiger partial charge in [0, 0.05) is 19.0 Å². The molecule has 1 aromatic heterocycles. The third kappa shape index (κ3) is 4.26. The number of carbonyl (C=O) groups is 2. The lowest BCUT2D eigenvalue weighted by molar-refractivity contribution is -0.116. The minimum absolute atomic E-state index is 0.0348. The Morgan fingerprint density at radius 2 is 2.27 bits per heavy atom. The molecule has 0 fully saturated rings. The fourth-order valence-electron chi connectivity index (χ4n) is 0.938. The van der Waals surface area contributed by atoms with Gasteiger partial charge < -0.3 is 9.84 Å². The summed E-state index contributed by atoms with van der Waals surface area (Å²) in [4.78, 5) is 21.8. The summed E-state index contributed by atoms with van der Waals surface area (Å²) >= 11 is 0. The van der Waals surface area contributed by atoms with Crippen molar-refractivity contribution in [1.29, 1.82) is 0 Å².